The van der Waals surface area contributed by atoms with Crippen LogP contribution in [0.5, 0.6) is 0 Å². The van der Waals surface area contributed by atoms with Crippen LogP contribution in [-0.4, -0.2) is 72.0 Å². The van der Waals surface area contributed by atoms with Crippen molar-refractivity contribution in [3.8, 4) is 67.5 Å². The smallest absolute Gasteiger partial charge is 0.399 e. The Morgan fingerprint density at radius 1 is 0.429 bits per heavy atom. The van der Waals surface area contributed by atoms with Crippen molar-refractivity contribution in [2.75, 3.05) is 41.2 Å². The van der Waals surface area contributed by atoms with E-state index in [1.807, 2.05) is 153 Å². The normalized spacial score (nSPS) is 10.5. The quantitative estimate of drug-likeness (QED) is 0.0981. The number of aromatic carboxylic acids is 1. The van der Waals surface area contributed by atoms with Crippen LogP contribution in [0, 0.1) is 122 Å². The Morgan fingerprint density at radius 3 is 1.35 bits per heavy atom. The van der Waals surface area contributed by atoms with Crippen LogP contribution in [0.4, 0.5) is 103 Å². The predicted octanol–water partition coefficient (Wildman–Crippen LogP) is 25.8. The van der Waals surface area contributed by atoms with E-state index in [1.165, 1.54) is 54.6 Å². The third-order valence-electron chi connectivity index (χ3n) is 17.5. The van der Waals surface area contributed by atoms with Gasteiger partial charge in [0.15, 0.2) is 5.69 Å². The first kappa shape index (κ1) is 124. The number of carboxylic acid groups (broad SMARTS) is 1. The molecule has 734 valence electrons. The SMILES string of the molecule is CN1C=CN(c2[c-]cccc2)[CH-]1.FC(F)(F)c1[c-]c(-c2ccccn2)cc(C(F)(F)F)c1.Fc1c[c-]c(-c2ccccn2)c(F)c1.Fc1c[c-]c(-c2ccccn2)c(F)c1.O=C(O)c1ccccn1.[C-]#[N+]c1c(F)c[c-]c(-c2cc(N(C)C)ccn2)c1F.[C-]#[N+]c1cc(-c2ccccn2)[c-]cc1F.[C-]#[N+]c1cc[c-]c(-c2ccccn2)c1.[Ir].[Ir].[Ir].[Ir].[Ir].[Ir].[Ir].[Ir].[c-]1ccccc1N1[CH-]Nc2ccccc21. The number of hydrogen-bond donors (Lipinski definition) is 2. The molecule has 140 heavy (non-hydrogen) atoms. The van der Waals surface area contributed by atoms with Crippen molar-refractivity contribution < 1.29 is 228 Å². The molecule has 18 rings (SSSR count). The Bertz CT molecular complexity index is 6510. The van der Waals surface area contributed by atoms with Gasteiger partial charge in [0.1, 0.15) is 17.1 Å². The zero-order valence-corrected chi connectivity index (χ0v) is 91.1. The largest absolute Gasteiger partial charge is 0.514 e. The fraction of sp³-hybridized carbons (Fsp3) is 0.0490. The molecular weight excluding hydrogens is 3250 g/mol. The number of nitrogens with zero attached hydrogens (tertiary/aromatic N) is 14. The van der Waals surface area contributed by atoms with Gasteiger partial charge >= 0.3 is 18.3 Å². The Morgan fingerprint density at radius 2 is 0.907 bits per heavy atom. The van der Waals surface area contributed by atoms with Crippen LogP contribution < -0.4 is 20.0 Å². The van der Waals surface area contributed by atoms with Crippen molar-refractivity contribution in [2.45, 2.75) is 12.4 Å². The third kappa shape index (κ3) is 38.2. The fourth-order valence-electron chi connectivity index (χ4n) is 11.2. The van der Waals surface area contributed by atoms with Gasteiger partial charge in [0, 0.05) is 276 Å². The summed E-state index contributed by atoms with van der Waals surface area (Å²) in [5, 5.41) is 11.6. The molecule has 0 saturated heterocycles. The number of benzene rings is 9. The molecule has 38 heteroatoms. The Hall–Kier alpha value is -12.0. The van der Waals surface area contributed by atoms with Gasteiger partial charge < -0.3 is 59.9 Å². The first-order chi connectivity index (χ1) is 63.6. The maximum Gasteiger partial charge on any atom is 0.399 e. The topological polar surface area (TPSA) is 166 Å². The molecule has 0 bridgehead atoms. The van der Waals surface area contributed by atoms with E-state index in [2.05, 4.69) is 114 Å². The molecule has 8 radical (unpaired) electrons. The number of carbonyl (C=O) groups is 1. The zero-order chi connectivity index (χ0) is 94.5. The molecule has 17 nitrogen and oxygen atoms in total. The molecule has 0 atom stereocenters. The molecule has 0 saturated carbocycles. The summed E-state index contributed by atoms with van der Waals surface area (Å²) in [5.74, 6) is -5.96. The predicted molar refractivity (Wildman–Crippen MR) is 476 cm³/mol. The minimum atomic E-state index is -4.91. The first-order valence-corrected chi connectivity index (χ1v) is 38.6. The molecule has 9 aromatic carbocycles. The number of anilines is 5. The number of nitrogens with one attached hydrogen (secondary N) is 1. The maximum atomic E-state index is 14.0. The number of aromatic nitrogens is 7. The molecule has 9 heterocycles. The second kappa shape index (κ2) is 62.9. The minimum absolute atomic E-state index is 0. The summed E-state index contributed by atoms with van der Waals surface area (Å²) in [6.45, 7) is 24.4. The molecular formula is C102H66F13Ir8N15O2-10. The van der Waals surface area contributed by atoms with Crippen molar-refractivity contribution in [1.29, 1.82) is 0 Å². The van der Waals surface area contributed by atoms with Gasteiger partial charge in [-0.25, -0.2) is 9.78 Å². The van der Waals surface area contributed by atoms with Gasteiger partial charge in [0.05, 0.1) is 19.7 Å². The van der Waals surface area contributed by atoms with E-state index in [-0.39, 0.29) is 206 Å². The van der Waals surface area contributed by atoms with Gasteiger partial charge in [-0.15, -0.1) is 125 Å². The number of hydrogen-bond acceptors (Lipinski definition) is 13. The monoisotopic (exact) mass is 3320 g/mol. The van der Waals surface area contributed by atoms with Gasteiger partial charge in [-0.05, 0) is 125 Å². The second-order valence-electron chi connectivity index (χ2n) is 26.9. The van der Waals surface area contributed by atoms with Gasteiger partial charge in [-0.2, -0.15) is 106 Å². The molecule has 2 aliphatic rings. The molecule has 2 N–H and O–H groups in total. The van der Waals surface area contributed by atoms with E-state index in [0.717, 1.165) is 70.4 Å². The minimum Gasteiger partial charge on any atom is -0.514 e. The van der Waals surface area contributed by atoms with E-state index in [4.69, 9.17) is 24.8 Å². The molecule has 2 aliphatic heterocycles. The Balaban J connectivity index is 0.000000532. The Kier molecular flexibility index (Phi) is 55.8. The average molecular weight is 3320 g/mol. The van der Waals surface area contributed by atoms with Gasteiger partial charge in [-0.3, -0.25) is 45.3 Å². The van der Waals surface area contributed by atoms with Gasteiger partial charge in [0.25, 0.3) is 0 Å². The molecule has 16 aromatic rings. The second-order valence-corrected chi connectivity index (χ2v) is 26.9. The Labute approximate surface area is 907 Å². The molecule has 0 amide bonds. The maximum absolute atomic E-state index is 14.0. The van der Waals surface area contributed by atoms with Crippen LogP contribution >= 0.6 is 0 Å². The molecule has 0 aliphatic carbocycles. The standard InChI is InChI=1S/C14H10F2N3.C13H6F6N.C13H10N2.C12H6FN2.C12H7N2.2C11H6F2N.C10H10N2.C6H5NO2.8Ir/c1-17-14-11(15)5-4-10(13(14)16)12-8-9(19(2)3)6-7-18-12;14-12(15,16)9-5-8(11-3-1-2-4-20-11)6-10(7-9)13(17,18)19;1-2-6-11(7-3-1)15-10-14-12-8-4-5-9-13(12)15;1-14-12-8-9(5-6-10(12)13)11-4-2-3-7-15-11;1-13-11-6-4-5-10(9-11)12-7-2-3-8-14-12;2*12-8-4-5-9(10(13)7-8)11-3-1-2-6-14-11;1-11-7-8-12(9-11)10-5-3-2-4-6-10;8-6(9)5-3-1-2-4-7-5;;;;;;;;/h5-8H,2-3H3;1-5,7H;1-6,8-10,14H;2-4,6-8H;2-4,6-9H;2*1-4,6-7H;2-5,7-9H,1H3;1-4H,(H,8,9);;;;;;;;/q2*-1;-2;4*-1;-2;;;;;;;;;. The fourth-order valence-corrected chi connectivity index (χ4v) is 11.2. The van der Waals surface area contributed by atoms with E-state index < -0.39 is 75.9 Å². The van der Waals surface area contributed by atoms with Gasteiger partial charge in [0.2, 0.25) is 0 Å². The summed E-state index contributed by atoms with van der Waals surface area (Å²) >= 11 is 0. The van der Waals surface area contributed by atoms with Crippen LogP contribution in [0.2, 0.25) is 0 Å². The van der Waals surface area contributed by atoms with E-state index >= 15 is 0 Å². The summed E-state index contributed by atoms with van der Waals surface area (Å²) in [4.78, 5) is 54.9. The van der Waals surface area contributed by atoms with Crippen LogP contribution in [0.3, 0.4) is 0 Å². The van der Waals surface area contributed by atoms with Crippen LogP contribution in [0.1, 0.15) is 21.6 Å². The van der Waals surface area contributed by atoms with Gasteiger partial charge in [-0.1, -0.05) is 108 Å². The number of rotatable bonds is 10. The molecule has 0 spiro atoms. The summed E-state index contributed by atoms with van der Waals surface area (Å²) in [6.07, 6.45) is 4.94. The van der Waals surface area contributed by atoms with E-state index in [0.29, 0.717) is 40.1 Å². The van der Waals surface area contributed by atoms with Crippen molar-refractivity contribution in [3.63, 3.8) is 0 Å². The van der Waals surface area contributed by atoms with Crippen molar-refractivity contribution >= 4 is 51.5 Å². The molecule has 0 unspecified atom stereocenters. The van der Waals surface area contributed by atoms with Crippen molar-refractivity contribution in [3.05, 3.63) is 476 Å². The van der Waals surface area contributed by atoms with E-state index in [9.17, 15) is 61.9 Å². The van der Waals surface area contributed by atoms with Crippen LogP contribution in [0.15, 0.2) is 323 Å². The number of pyridine rings is 7. The average Bonchev–Trinajstić information content (AvgIpc) is 1.06. The van der Waals surface area contributed by atoms with Crippen molar-refractivity contribution in [1.82, 2.24) is 39.8 Å². The summed E-state index contributed by atoms with van der Waals surface area (Å²) < 4.78 is 168. The number of halogens is 13. The van der Waals surface area contributed by atoms with E-state index in [1.54, 1.807) is 116 Å². The summed E-state index contributed by atoms with van der Waals surface area (Å²) in [6, 6.07) is 92.7. The molecule has 7 aromatic heterocycles. The first-order valence-electron chi connectivity index (χ1n) is 38.6. The number of alkyl halides is 6. The number of carboxylic acids is 1. The molecule has 0 fully saturated rings. The summed E-state index contributed by atoms with van der Waals surface area (Å²) in [5.41, 5.74) is 6.67. The van der Waals surface area contributed by atoms with Crippen LogP contribution in [-0.2, 0) is 173 Å². The van der Waals surface area contributed by atoms with Crippen LogP contribution in [0.25, 0.3) is 82.1 Å². The number of para-hydroxylation sites is 4. The van der Waals surface area contributed by atoms with Crippen molar-refractivity contribution in [2.24, 2.45) is 0 Å². The zero-order valence-electron chi connectivity index (χ0n) is 72.0. The third-order valence-corrected chi connectivity index (χ3v) is 17.5. The number of fused-ring (bicyclic) bond motifs is 1. The summed E-state index contributed by atoms with van der Waals surface area (Å²) in [7, 11) is 5.68.